The van der Waals surface area contributed by atoms with Gasteiger partial charge in [-0.25, -0.2) is 4.98 Å². The first-order valence-corrected chi connectivity index (χ1v) is 6.86. The maximum atomic E-state index is 11.8. The maximum Gasteiger partial charge on any atom is 0.251 e. The SMILES string of the molecule is CCCC(OCC)c1nc(-c2cnn(C)c2)cc(=O)[nH]1. The van der Waals surface area contributed by atoms with E-state index in [4.69, 9.17) is 4.74 Å². The molecule has 0 bridgehead atoms. The van der Waals surface area contributed by atoms with Gasteiger partial charge in [-0.1, -0.05) is 13.3 Å². The van der Waals surface area contributed by atoms with Gasteiger partial charge in [-0.05, 0) is 13.3 Å². The lowest BCUT2D eigenvalue weighted by molar-refractivity contribution is 0.0493. The van der Waals surface area contributed by atoms with Crippen LogP contribution in [0.4, 0.5) is 0 Å². The molecule has 2 aromatic rings. The number of ether oxygens (including phenoxy) is 1. The highest BCUT2D eigenvalue weighted by atomic mass is 16.5. The Balaban J connectivity index is 2.39. The second kappa shape index (κ2) is 6.47. The van der Waals surface area contributed by atoms with E-state index in [9.17, 15) is 4.79 Å². The highest BCUT2D eigenvalue weighted by Gasteiger charge is 2.15. The number of rotatable bonds is 6. The molecule has 6 heteroatoms. The van der Waals surface area contributed by atoms with E-state index in [0.717, 1.165) is 18.4 Å². The van der Waals surface area contributed by atoms with E-state index >= 15 is 0 Å². The molecule has 0 fully saturated rings. The van der Waals surface area contributed by atoms with Crippen molar-refractivity contribution in [2.24, 2.45) is 7.05 Å². The molecule has 108 valence electrons. The zero-order valence-electron chi connectivity index (χ0n) is 12.1. The molecule has 0 saturated carbocycles. The van der Waals surface area contributed by atoms with E-state index in [2.05, 4.69) is 22.0 Å². The van der Waals surface area contributed by atoms with Gasteiger partial charge in [-0.15, -0.1) is 0 Å². The third-order valence-corrected chi connectivity index (χ3v) is 2.98. The smallest absolute Gasteiger partial charge is 0.251 e. The monoisotopic (exact) mass is 276 g/mol. The van der Waals surface area contributed by atoms with Gasteiger partial charge in [0.15, 0.2) is 0 Å². The van der Waals surface area contributed by atoms with Crippen LogP contribution in [0.15, 0.2) is 23.3 Å². The zero-order chi connectivity index (χ0) is 14.5. The molecule has 0 saturated heterocycles. The predicted octanol–water partition coefficient (Wildman–Crippen LogP) is 2.05. The Hall–Kier alpha value is -1.95. The fourth-order valence-corrected chi connectivity index (χ4v) is 2.09. The van der Waals surface area contributed by atoms with E-state index < -0.39 is 0 Å². The first-order valence-electron chi connectivity index (χ1n) is 6.86. The minimum absolute atomic E-state index is 0.172. The van der Waals surface area contributed by atoms with Crippen LogP contribution in [-0.4, -0.2) is 26.4 Å². The average molecular weight is 276 g/mol. The molecule has 20 heavy (non-hydrogen) atoms. The topological polar surface area (TPSA) is 72.8 Å². The van der Waals surface area contributed by atoms with Gasteiger partial charge in [0.05, 0.1) is 11.9 Å². The predicted molar refractivity (Wildman–Crippen MR) is 76.3 cm³/mol. The van der Waals surface area contributed by atoms with Crippen molar-refractivity contribution in [3.63, 3.8) is 0 Å². The molecule has 6 nitrogen and oxygen atoms in total. The Morgan fingerprint density at radius 1 is 1.45 bits per heavy atom. The molecule has 0 aliphatic rings. The Morgan fingerprint density at radius 2 is 2.25 bits per heavy atom. The number of aromatic nitrogens is 4. The van der Waals surface area contributed by atoms with Gasteiger partial charge < -0.3 is 9.72 Å². The van der Waals surface area contributed by atoms with Crippen LogP contribution in [0.25, 0.3) is 11.3 Å². The van der Waals surface area contributed by atoms with E-state index in [-0.39, 0.29) is 11.7 Å². The van der Waals surface area contributed by atoms with Crippen molar-refractivity contribution in [1.29, 1.82) is 0 Å². The highest BCUT2D eigenvalue weighted by Crippen LogP contribution is 2.21. The summed E-state index contributed by atoms with van der Waals surface area (Å²) >= 11 is 0. The van der Waals surface area contributed by atoms with E-state index in [1.165, 1.54) is 6.07 Å². The zero-order valence-corrected chi connectivity index (χ0v) is 12.1. The average Bonchev–Trinajstić information content (AvgIpc) is 2.84. The number of aryl methyl sites for hydroxylation is 1. The summed E-state index contributed by atoms with van der Waals surface area (Å²) in [5.41, 5.74) is 1.28. The Morgan fingerprint density at radius 3 is 2.85 bits per heavy atom. The number of H-pyrrole nitrogens is 1. The van der Waals surface area contributed by atoms with Gasteiger partial charge in [0, 0.05) is 31.5 Å². The molecule has 0 aliphatic heterocycles. The third kappa shape index (κ3) is 3.33. The molecule has 2 rings (SSSR count). The molecule has 0 radical (unpaired) electrons. The Kier molecular flexibility index (Phi) is 4.68. The first kappa shape index (κ1) is 14.5. The number of hydrogen-bond acceptors (Lipinski definition) is 4. The van der Waals surface area contributed by atoms with Crippen molar-refractivity contribution >= 4 is 0 Å². The molecule has 0 spiro atoms. The van der Waals surface area contributed by atoms with Gasteiger partial charge in [0.25, 0.3) is 5.56 Å². The summed E-state index contributed by atoms with van der Waals surface area (Å²) in [6.45, 7) is 4.60. The summed E-state index contributed by atoms with van der Waals surface area (Å²) in [6.07, 6.45) is 5.15. The third-order valence-electron chi connectivity index (χ3n) is 2.98. The fourth-order valence-electron chi connectivity index (χ4n) is 2.09. The molecule has 1 atom stereocenters. The van der Waals surface area contributed by atoms with Gasteiger partial charge >= 0.3 is 0 Å². The van der Waals surface area contributed by atoms with E-state index in [1.807, 2.05) is 20.2 Å². The summed E-state index contributed by atoms with van der Waals surface area (Å²) in [4.78, 5) is 19.1. The summed E-state index contributed by atoms with van der Waals surface area (Å²) < 4.78 is 7.35. The van der Waals surface area contributed by atoms with Gasteiger partial charge in [-0.2, -0.15) is 5.10 Å². The number of nitrogens with one attached hydrogen (secondary N) is 1. The van der Waals surface area contributed by atoms with Crippen LogP contribution in [-0.2, 0) is 11.8 Å². The van der Waals surface area contributed by atoms with Crippen LogP contribution in [0.3, 0.4) is 0 Å². The molecular weight excluding hydrogens is 256 g/mol. The Labute approximate surface area is 117 Å². The molecule has 2 heterocycles. The summed E-state index contributed by atoms with van der Waals surface area (Å²) in [5, 5.41) is 4.10. The maximum absolute atomic E-state index is 11.8. The highest BCUT2D eigenvalue weighted by molar-refractivity contribution is 5.56. The van der Waals surface area contributed by atoms with Crippen molar-refractivity contribution in [2.75, 3.05) is 6.61 Å². The molecule has 2 aromatic heterocycles. The van der Waals surface area contributed by atoms with Crippen molar-refractivity contribution in [3.8, 4) is 11.3 Å². The van der Waals surface area contributed by atoms with Gasteiger partial charge in [0.2, 0.25) is 0 Å². The molecular formula is C14H20N4O2. The van der Waals surface area contributed by atoms with Crippen LogP contribution in [0.5, 0.6) is 0 Å². The Bertz CT molecular complexity index is 612. The van der Waals surface area contributed by atoms with Crippen molar-refractivity contribution in [3.05, 3.63) is 34.6 Å². The summed E-state index contributed by atoms with van der Waals surface area (Å²) in [7, 11) is 1.83. The summed E-state index contributed by atoms with van der Waals surface area (Å²) in [6, 6.07) is 1.48. The van der Waals surface area contributed by atoms with Gasteiger partial charge in [-0.3, -0.25) is 9.48 Å². The standard InChI is InChI=1S/C14H20N4O2/c1-4-6-12(20-5-2)14-16-11(7-13(19)17-14)10-8-15-18(3)9-10/h7-9,12H,4-6H2,1-3H3,(H,16,17,19). The minimum atomic E-state index is -0.172. The molecule has 0 amide bonds. The lowest BCUT2D eigenvalue weighted by atomic mass is 10.2. The second-order valence-electron chi connectivity index (χ2n) is 4.65. The van der Waals surface area contributed by atoms with E-state index in [0.29, 0.717) is 18.1 Å². The van der Waals surface area contributed by atoms with Crippen LogP contribution >= 0.6 is 0 Å². The van der Waals surface area contributed by atoms with Crippen LogP contribution in [0.1, 0.15) is 38.6 Å². The molecule has 0 aliphatic carbocycles. The van der Waals surface area contributed by atoms with E-state index in [1.54, 1.807) is 10.9 Å². The quantitative estimate of drug-likeness (QED) is 0.876. The number of hydrogen-bond donors (Lipinski definition) is 1. The van der Waals surface area contributed by atoms with Crippen molar-refractivity contribution in [2.45, 2.75) is 32.8 Å². The molecule has 1 N–H and O–H groups in total. The number of nitrogens with zero attached hydrogens (tertiary/aromatic N) is 3. The number of aromatic amines is 1. The largest absolute Gasteiger partial charge is 0.371 e. The minimum Gasteiger partial charge on any atom is -0.371 e. The normalized spacial score (nSPS) is 12.6. The van der Waals surface area contributed by atoms with Crippen LogP contribution < -0.4 is 5.56 Å². The molecule has 1 unspecified atom stereocenters. The lowest BCUT2D eigenvalue weighted by Crippen LogP contribution is -2.16. The second-order valence-corrected chi connectivity index (χ2v) is 4.65. The van der Waals surface area contributed by atoms with Crippen molar-refractivity contribution < 1.29 is 4.74 Å². The van der Waals surface area contributed by atoms with Crippen molar-refractivity contribution in [1.82, 2.24) is 19.7 Å². The van der Waals surface area contributed by atoms with Crippen LogP contribution in [0.2, 0.25) is 0 Å². The first-order chi connectivity index (χ1) is 9.63. The summed E-state index contributed by atoms with van der Waals surface area (Å²) in [5.74, 6) is 0.583. The van der Waals surface area contributed by atoms with Gasteiger partial charge in [0.1, 0.15) is 11.9 Å². The fraction of sp³-hybridized carbons (Fsp3) is 0.500. The molecule has 0 aromatic carbocycles. The lowest BCUT2D eigenvalue weighted by Gasteiger charge is -2.15. The van der Waals surface area contributed by atoms with Crippen LogP contribution in [0, 0.1) is 0 Å².